The first-order valence-corrected chi connectivity index (χ1v) is 6.71. The molecular formula is C15H11FN4O4. The summed E-state index contributed by atoms with van der Waals surface area (Å²) in [6.07, 6.45) is 1.03. The quantitative estimate of drug-likeness (QED) is 0.652. The normalized spacial score (nSPS) is 11.4. The Balaban J connectivity index is 2.24. The molecule has 9 heteroatoms. The summed E-state index contributed by atoms with van der Waals surface area (Å²) in [5, 5.41) is 21.9. The molecule has 0 saturated heterocycles. The summed E-state index contributed by atoms with van der Waals surface area (Å²) < 4.78 is 13.9. The molecule has 0 radical (unpaired) electrons. The molecule has 122 valence electrons. The van der Waals surface area contributed by atoms with E-state index in [9.17, 15) is 24.1 Å². The third-order valence-electron chi connectivity index (χ3n) is 3.29. The number of aromatic nitrogens is 1. The first-order chi connectivity index (χ1) is 11.3. The number of amides is 1. The summed E-state index contributed by atoms with van der Waals surface area (Å²) in [6.45, 7) is 1.52. The maximum absolute atomic E-state index is 13.9. The highest BCUT2D eigenvalue weighted by atomic mass is 19.1. The molecule has 2 aromatic rings. The predicted octanol–water partition coefficient (Wildman–Crippen LogP) is 1.78. The van der Waals surface area contributed by atoms with E-state index in [1.54, 1.807) is 6.07 Å². The van der Waals surface area contributed by atoms with Crippen LogP contribution < -0.4 is 10.9 Å². The number of nitriles is 1. The van der Waals surface area contributed by atoms with E-state index in [0.29, 0.717) is 0 Å². The average molecular weight is 330 g/mol. The molecule has 24 heavy (non-hydrogen) atoms. The van der Waals surface area contributed by atoms with Gasteiger partial charge in [0, 0.05) is 17.8 Å². The van der Waals surface area contributed by atoms with Crippen LogP contribution in [0.1, 0.15) is 34.5 Å². The number of rotatable bonds is 4. The van der Waals surface area contributed by atoms with E-state index in [4.69, 9.17) is 5.26 Å². The molecule has 1 atom stereocenters. The predicted molar refractivity (Wildman–Crippen MR) is 80.7 cm³/mol. The zero-order valence-corrected chi connectivity index (χ0v) is 12.4. The molecule has 0 bridgehead atoms. The Morgan fingerprint density at radius 1 is 1.46 bits per heavy atom. The fourth-order valence-electron chi connectivity index (χ4n) is 2.04. The van der Waals surface area contributed by atoms with Gasteiger partial charge in [0.05, 0.1) is 28.2 Å². The minimum Gasteiger partial charge on any atom is -0.345 e. The van der Waals surface area contributed by atoms with Gasteiger partial charge in [-0.3, -0.25) is 19.7 Å². The fraction of sp³-hybridized carbons (Fsp3) is 0.133. The highest BCUT2D eigenvalue weighted by Crippen LogP contribution is 2.18. The average Bonchev–Trinajstić information content (AvgIpc) is 2.54. The number of nitrogens with zero attached hydrogens (tertiary/aromatic N) is 2. The number of benzene rings is 1. The molecule has 0 saturated carbocycles. The number of nitro groups is 1. The molecule has 8 nitrogen and oxygen atoms in total. The second-order valence-corrected chi connectivity index (χ2v) is 4.90. The van der Waals surface area contributed by atoms with Crippen molar-refractivity contribution in [2.45, 2.75) is 13.0 Å². The number of pyridine rings is 1. The number of H-pyrrole nitrogens is 1. The van der Waals surface area contributed by atoms with Gasteiger partial charge < -0.3 is 10.3 Å². The third-order valence-corrected chi connectivity index (χ3v) is 3.29. The van der Waals surface area contributed by atoms with E-state index in [1.807, 2.05) is 0 Å². The van der Waals surface area contributed by atoms with Crippen LogP contribution in [-0.2, 0) is 0 Å². The lowest BCUT2D eigenvalue weighted by atomic mass is 10.1. The van der Waals surface area contributed by atoms with Crippen LogP contribution in [0.5, 0.6) is 0 Å². The van der Waals surface area contributed by atoms with Crippen molar-refractivity contribution >= 4 is 11.6 Å². The SMILES string of the molecule is CC(NC(=O)c1c[nH]c(=O)c([N+](=O)[O-])c1)c1ccc(C#N)cc1F. The van der Waals surface area contributed by atoms with Crippen molar-refractivity contribution < 1.29 is 14.1 Å². The van der Waals surface area contributed by atoms with Crippen molar-refractivity contribution in [3.8, 4) is 6.07 Å². The monoisotopic (exact) mass is 330 g/mol. The van der Waals surface area contributed by atoms with Crippen LogP contribution in [0.25, 0.3) is 0 Å². The van der Waals surface area contributed by atoms with E-state index in [2.05, 4.69) is 10.3 Å². The largest absolute Gasteiger partial charge is 0.345 e. The zero-order valence-electron chi connectivity index (χ0n) is 12.4. The van der Waals surface area contributed by atoms with Gasteiger partial charge in [0.25, 0.3) is 5.91 Å². The van der Waals surface area contributed by atoms with Crippen LogP contribution in [0.4, 0.5) is 10.1 Å². The number of aromatic amines is 1. The van der Waals surface area contributed by atoms with Crippen LogP contribution in [0.2, 0.25) is 0 Å². The van der Waals surface area contributed by atoms with E-state index < -0.39 is 33.9 Å². The van der Waals surface area contributed by atoms with Gasteiger partial charge in [-0.1, -0.05) is 6.07 Å². The van der Waals surface area contributed by atoms with Gasteiger partial charge in [0.15, 0.2) is 0 Å². The second-order valence-electron chi connectivity index (χ2n) is 4.90. The number of hydrogen-bond acceptors (Lipinski definition) is 5. The summed E-state index contributed by atoms with van der Waals surface area (Å²) in [7, 11) is 0. The Bertz CT molecular complexity index is 916. The van der Waals surface area contributed by atoms with Gasteiger partial charge in [0.1, 0.15) is 5.82 Å². The smallest absolute Gasteiger partial charge is 0.334 e. The Labute approximate surface area is 134 Å². The van der Waals surface area contributed by atoms with E-state index in [0.717, 1.165) is 18.3 Å². The summed E-state index contributed by atoms with van der Waals surface area (Å²) in [4.78, 5) is 35.3. The molecule has 0 fully saturated rings. The molecule has 1 aromatic carbocycles. The Kier molecular flexibility index (Phi) is 4.70. The number of hydrogen-bond donors (Lipinski definition) is 2. The second kappa shape index (κ2) is 6.70. The first kappa shape index (κ1) is 16.8. The highest BCUT2D eigenvalue weighted by molar-refractivity contribution is 5.94. The van der Waals surface area contributed by atoms with Crippen molar-refractivity contribution in [1.29, 1.82) is 5.26 Å². The standard InChI is InChI=1S/C15H11FN4O4/c1-8(11-3-2-9(6-17)4-12(11)16)19-14(21)10-5-13(20(23)24)15(22)18-7-10/h2-5,7-8H,1H3,(H,18,22)(H,19,21). The number of halogens is 1. The van der Waals surface area contributed by atoms with Crippen LogP contribution >= 0.6 is 0 Å². The van der Waals surface area contributed by atoms with Crippen LogP contribution in [-0.4, -0.2) is 15.8 Å². The van der Waals surface area contributed by atoms with Crippen molar-refractivity contribution in [2.75, 3.05) is 0 Å². The van der Waals surface area contributed by atoms with Crippen molar-refractivity contribution in [2.24, 2.45) is 0 Å². The molecule has 0 aliphatic carbocycles. The van der Waals surface area contributed by atoms with E-state index >= 15 is 0 Å². The van der Waals surface area contributed by atoms with Gasteiger partial charge in [-0.25, -0.2) is 4.39 Å². The van der Waals surface area contributed by atoms with Gasteiger partial charge in [-0.05, 0) is 19.1 Å². The summed E-state index contributed by atoms with van der Waals surface area (Å²) in [5.41, 5.74) is -1.53. The maximum Gasteiger partial charge on any atom is 0.334 e. The molecular weight excluding hydrogens is 319 g/mol. The zero-order chi connectivity index (χ0) is 17.9. The van der Waals surface area contributed by atoms with Crippen molar-refractivity contribution in [3.05, 3.63) is 73.4 Å². The lowest BCUT2D eigenvalue weighted by Crippen LogP contribution is -2.28. The van der Waals surface area contributed by atoms with Gasteiger partial charge >= 0.3 is 11.2 Å². The summed E-state index contributed by atoms with van der Waals surface area (Å²) >= 11 is 0. The lowest BCUT2D eigenvalue weighted by Gasteiger charge is -2.15. The maximum atomic E-state index is 13.9. The van der Waals surface area contributed by atoms with E-state index in [1.165, 1.54) is 19.1 Å². The first-order valence-electron chi connectivity index (χ1n) is 6.71. The van der Waals surface area contributed by atoms with E-state index in [-0.39, 0.29) is 16.7 Å². The molecule has 2 N–H and O–H groups in total. The molecule has 0 aliphatic heterocycles. The van der Waals surface area contributed by atoms with Gasteiger partial charge in [0.2, 0.25) is 0 Å². The molecule has 1 unspecified atom stereocenters. The minimum absolute atomic E-state index is 0.137. The molecule has 1 heterocycles. The number of nitrogens with one attached hydrogen (secondary N) is 2. The number of carbonyl (C=O) groups is 1. The van der Waals surface area contributed by atoms with Gasteiger partial charge in [-0.15, -0.1) is 0 Å². The molecule has 1 aromatic heterocycles. The van der Waals surface area contributed by atoms with Crippen LogP contribution in [0.3, 0.4) is 0 Å². The summed E-state index contributed by atoms with van der Waals surface area (Å²) in [6, 6.07) is 5.71. The van der Waals surface area contributed by atoms with Crippen molar-refractivity contribution in [1.82, 2.24) is 10.3 Å². The fourth-order valence-corrected chi connectivity index (χ4v) is 2.04. The minimum atomic E-state index is -0.928. The van der Waals surface area contributed by atoms with Gasteiger partial charge in [-0.2, -0.15) is 5.26 Å². The lowest BCUT2D eigenvalue weighted by molar-refractivity contribution is -0.386. The summed E-state index contributed by atoms with van der Waals surface area (Å²) in [5.74, 6) is -1.38. The Hall–Kier alpha value is -3.54. The highest BCUT2D eigenvalue weighted by Gasteiger charge is 2.19. The Morgan fingerprint density at radius 2 is 2.17 bits per heavy atom. The van der Waals surface area contributed by atoms with Crippen LogP contribution in [0, 0.1) is 27.3 Å². The molecule has 2 rings (SSSR count). The molecule has 1 amide bonds. The topological polar surface area (TPSA) is 129 Å². The molecule has 0 spiro atoms. The third kappa shape index (κ3) is 3.44. The van der Waals surface area contributed by atoms with Crippen LogP contribution in [0.15, 0.2) is 35.3 Å². The molecule has 0 aliphatic rings. The Morgan fingerprint density at radius 3 is 2.75 bits per heavy atom. The van der Waals surface area contributed by atoms with Crippen molar-refractivity contribution in [3.63, 3.8) is 0 Å². The number of carbonyl (C=O) groups excluding carboxylic acids is 1.